The van der Waals surface area contributed by atoms with E-state index in [1.165, 1.54) is 0 Å². The van der Waals surface area contributed by atoms with Crippen LogP contribution >= 0.6 is 0 Å². The number of hydrogen-bond donors (Lipinski definition) is 3. The van der Waals surface area contributed by atoms with Crippen molar-refractivity contribution in [2.24, 2.45) is 22.5 Å². The molecule has 0 heterocycles. The van der Waals surface area contributed by atoms with Gasteiger partial charge in [0.15, 0.2) is 0 Å². The van der Waals surface area contributed by atoms with Crippen molar-refractivity contribution in [2.75, 3.05) is 0 Å². The van der Waals surface area contributed by atoms with Gasteiger partial charge in [-0.05, 0) is 5.16 Å². The zero-order valence-electron chi connectivity index (χ0n) is 3.09. The van der Waals surface area contributed by atoms with Crippen molar-refractivity contribution in [1.29, 1.82) is 0 Å². The molecule has 0 unspecified atom stereocenters. The Bertz CT molecular complexity index is 54.6. The highest BCUT2D eigenvalue weighted by Gasteiger charge is 1.69. The fourth-order valence-electron chi connectivity index (χ4n) is 0.0609. The molecule has 0 bridgehead atoms. The summed E-state index contributed by atoms with van der Waals surface area (Å²) < 4.78 is 0. The number of rotatable bonds is 1. The molecule has 0 saturated heterocycles. The molecule has 0 aliphatic rings. The Morgan fingerprint density at radius 2 is 2.00 bits per heavy atom. The second-order valence-corrected chi connectivity index (χ2v) is 0.622. The molecule has 0 aromatic heterocycles. The lowest BCUT2D eigenvalue weighted by molar-refractivity contribution is 0.148. The molecule has 0 aliphatic carbocycles. The van der Waals surface area contributed by atoms with Gasteiger partial charge in [0.2, 0.25) is 5.96 Å². The molecule has 5 nitrogen and oxygen atoms in total. The first-order valence-corrected chi connectivity index (χ1v) is 1.22. The zero-order chi connectivity index (χ0) is 4.99. The normalized spacial score (nSPS) is 6.83. The van der Waals surface area contributed by atoms with Crippen molar-refractivity contribution in [1.82, 2.24) is 0 Å². The molecule has 0 amide bonds. The molecule has 0 radical (unpaired) electrons. The molecule has 6 heavy (non-hydrogen) atoms. The van der Waals surface area contributed by atoms with Crippen LogP contribution in [0.4, 0.5) is 0 Å². The number of nitrogens with two attached hydrogens (primary N) is 3. The minimum absolute atomic E-state index is 0.183. The molecule has 6 N–H and O–H groups in total. The smallest absolute Gasteiger partial charge is 0.230 e. The van der Waals surface area contributed by atoms with Gasteiger partial charge in [0.05, 0.1) is 0 Å². The van der Waals surface area contributed by atoms with Crippen LogP contribution in [-0.4, -0.2) is 5.96 Å². The van der Waals surface area contributed by atoms with Crippen molar-refractivity contribution in [3.05, 3.63) is 0 Å². The van der Waals surface area contributed by atoms with E-state index in [1.54, 1.807) is 0 Å². The Balaban J connectivity index is 3.14. The van der Waals surface area contributed by atoms with E-state index in [9.17, 15) is 0 Å². The minimum Gasteiger partial charge on any atom is -0.367 e. The van der Waals surface area contributed by atoms with E-state index in [0.29, 0.717) is 0 Å². The van der Waals surface area contributed by atoms with Crippen LogP contribution in [0.3, 0.4) is 0 Å². The summed E-state index contributed by atoms with van der Waals surface area (Å²) in [6.07, 6.45) is 0. The van der Waals surface area contributed by atoms with E-state index in [2.05, 4.69) is 16.0 Å². The second kappa shape index (κ2) is 2.28. The molecule has 36 valence electrons. The van der Waals surface area contributed by atoms with Gasteiger partial charge in [0, 0.05) is 0 Å². The average Bonchev–Trinajstić information content (AvgIpc) is 1.35. The van der Waals surface area contributed by atoms with E-state index < -0.39 is 0 Å². The van der Waals surface area contributed by atoms with E-state index in [4.69, 9.17) is 11.5 Å². The van der Waals surface area contributed by atoms with E-state index in [1.807, 2.05) is 0 Å². The summed E-state index contributed by atoms with van der Waals surface area (Å²) in [5.41, 5.74) is 9.45. The Morgan fingerprint density at radius 3 is 2.00 bits per heavy atom. The maximum atomic E-state index is 4.73. The fourth-order valence-corrected chi connectivity index (χ4v) is 0.0609. The van der Waals surface area contributed by atoms with Gasteiger partial charge in [-0.15, -0.1) is 5.90 Å². The van der Waals surface area contributed by atoms with Crippen LogP contribution in [0, 0.1) is 0 Å². The van der Waals surface area contributed by atoms with Crippen molar-refractivity contribution >= 4 is 5.96 Å². The van der Waals surface area contributed by atoms with Crippen molar-refractivity contribution < 1.29 is 4.94 Å². The molecule has 5 heteroatoms. The molecule has 0 aliphatic heterocycles. The van der Waals surface area contributed by atoms with Crippen LogP contribution in [0.5, 0.6) is 0 Å². The van der Waals surface area contributed by atoms with Gasteiger partial charge in [0.1, 0.15) is 0 Å². The van der Waals surface area contributed by atoms with Crippen molar-refractivity contribution in [2.45, 2.75) is 0 Å². The maximum absolute atomic E-state index is 4.73. The number of nitrogens with zero attached hydrogens (tertiary/aromatic N) is 1. The first kappa shape index (κ1) is 5.03. The van der Waals surface area contributed by atoms with Crippen LogP contribution in [0.15, 0.2) is 5.16 Å². The summed E-state index contributed by atoms with van der Waals surface area (Å²) in [5, 5.41) is 2.88. The summed E-state index contributed by atoms with van der Waals surface area (Å²) in [6.45, 7) is 0. The largest absolute Gasteiger partial charge is 0.367 e. The third-order valence-corrected chi connectivity index (χ3v) is 0.158. The molecule has 0 aromatic carbocycles. The molecule has 0 rings (SSSR count). The molecule has 0 aromatic rings. The fraction of sp³-hybridized carbons (Fsp3) is 0. The Hall–Kier alpha value is -0.970. The summed E-state index contributed by atoms with van der Waals surface area (Å²) in [6, 6.07) is 0. The topological polar surface area (TPSA) is 99.6 Å². The quantitative estimate of drug-likeness (QED) is 0.198. The molecule has 0 spiro atoms. The lowest BCUT2D eigenvalue weighted by atomic mass is 11.1. The number of oxime groups is 1. The third kappa shape index (κ3) is 3.03. The number of guanidine groups is 1. The molecule has 0 atom stereocenters. The van der Waals surface area contributed by atoms with Gasteiger partial charge < -0.3 is 11.5 Å². The SMILES string of the molecule is NON=C(N)N. The van der Waals surface area contributed by atoms with Crippen LogP contribution < -0.4 is 17.4 Å². The van der Waals surface area contributed by atoms with Gasteiger partial charge in [-0.25, -0.2) is 0 Å². The van der Waals surface area contributed by atoms with Crippen LogP contribution in [0.25, 0.3) is 0 Å². The van der Waals surface area contributed by atoms with Crippen LogP contribution in [0.1, 0.15) is 0 Å². The summed E-state index contributed by atoms with van der Waals surface area (Å²) >= 11 is 0. The highest BCUT2D eigenvalue weighted by Crippen LogP contribution is 1.52. The molecule has 0 fully saturated rings. The Kier molecular flexibility index (Phi) is 1.91. The standard InChI is InChI=1S/CH6N4O/c2-1(3)5-6-4/h4H2,(H4,2,3,5). The highest BCUT2D eigenvalue weighted by molar-refractivity contribution is 5.74. The van der Waals surface area contributed by atoms with Gasteiger partial charge in [0.25, 0.3) is 0 Å². The van der Waals surface area contributed by atoms with E-state index >= 15 is 0 Å². The first-order valence-electron chi connectivity index (χ1n) is 1.22. The predicted octanol–water partition coefficient (Wildman–Crippen LogP) is -1.93. The lowest BCUT2D eigenvalue weighted by Gasteiger charge is -1.83. The second-order valence-electron chi connectivity index (χ2n) is 0.622. The molecular formula is CH6N4O. The van der Waals surface area contributed by atoms with Crippen LogP contribution in [0.2, 0.25) is 0 Å². The zero-order valence-corrected chi connectivity index (χ0v) is 3.09. The average molecular weight is 90.1 g/mol. The third-order valence-electron chi connectivity index (χ3n) is 0.158. The summed E-state index contributed by atoms with van der Waals surface area (Å²) in [7, 11) is 0. The maximum Gasteiger partial charge on any atom is 0.230 e. The highest BCUT2D eigenvalue weighted by atomic mass is 16.7. The lowest BCUT2D eigenvalue weighted by Crippen LogP contribution is -2.23. The van der Waals surface area contributed by atoms with Gasteiger partial charge in [-0.3, -0.25) is 4.94 Å². The summed E-state index contributed by atoms with van der Waals surface area (Å²) in [4.78, 5) is 3.64. The minimum atomic E-state index is -0.183. The van der Waals surface area contributed by atoms with Gasteiger partial charge >= 0.3 is 0 Å². The van der Waals surface area contributed by atoms with Gasteiger partial charge in [-0.2, -0.15) is 0 Å². The molecular weight excluding hydrogens is 84.0 g/mol. The monoisotopic (exact) mass is 90.1 g/mol. The molecule has 0 saturated carbocycles. The van der Waals surface area contributed by atoms with Gasteiger partial charge in [-0.1, -0.05) is 0 Å². The predicted molar refractivity (Wildman–Crippen MR) is 21.1 cm³/mol. The first-order chi connectivity index (χ1) is 2.77. The van der Waals surface area contributed by atoms with Crippen molar-refractivity contribution in [3.8, 4) is 0 Å². The summed E-state index contributed by atoms with van der Waals surface area (Å²) in [5.74, 6) is 4.20. The Labute approximate surface area is 34.7 Å². The van der Waals surface area contributed by atoms with Crippen LogP contribution in [-0.2, 0) is 4.94 Å². The van der Waals surface area contributed by atoms with Crippen molar-refractivity contribution in [3.63, 3.8) is 0 Å². The Morgan fingerprint density at radius 1 is 1.50 bits per heavy atom. The number of hydrogen-bond acceptors (Lipinski definition) is 3. The van der Waals surface area contributed by atoms with E-state index in [0.717, 1.165) is 0 Å². The van der Waals surface area contributed by atoms with E-state index in [-0.39, 0.29) is 5.96 Å².